The van der Waals surface area contributed by atoms with Crippen LogP contribution in [0.3, 0.4) is 0 Å². The minimum Gasteiger partial charge on any atom is -0.507 e. The molecule has 2 saturated carbocycles. The number of carbonyl (C=O) groups is 6. The summed E-state index contributed by atoms with van der Waals surface area (Å²) in [6, 6.07) is 9.60. The first-order valence-corrected chi connectivity index (χ1v) is 12.9. The molecule has 3 aliphatic rings. The van der Waals surface area contributed by atoms with Crippen LogP contribution in [-0.4, -0.2) is 83.0 Å². The molecule has 0 heterocycles. The van der Waals surface area contributed by atoms with E-state index in [4.69, 9.17) is 10.5 Å². The van der Waals surface area contributed by atoms with Gasteiger partial charge in [0, 0.05) is 11.8 Å². The van der Waals surface area contributed by atoms with E-state index in [0.29, 0.717) is 22.3 Å². The van der Waals surface area contributed by atoms with E-state index in [1.54, 1.807) is 42.5 Å². The smallest absolute Gasteiger partial charge is 0.337 e. The number of fused-ring (bicyclic) bond motifs is 3. The molecule has 2 aromatic carbocycles. The Hall–Kier alpha value is -4.48. The molecular weight excluding hydrogens is 532 g/mol. The molecule has 41 heavy (non-hydrogen) atoms. The first kappa shape index (κ1) is 28.1. The quantitative estimate of drug-likeness (QED) is 0.355. The lowest BCUT2D eigenvalue weighted by molar-refractivity contribution is -0.180. The second kappa shape index (κ2) is 9.86. The zero-order valence-corrected chi connectivity index (χ0v) is 22.5. The minimum atomic E-state index is -2.82. The normalized spacial score (nSPS) is 30.1. The second-order valence-electron chi connectivity index (χ2n) is 10.8. The van der Waals surface area contributed by atoms with Crippen LogP contribution in [0.5, 0.6) is 5.75 Å². The number of phenols is 1. The molecule has 0 aliphatic heterocycles. The average molecular weight is 561 g/mol. The van der Waals surface area contributed by atoms with E-state index in [1.165, 1.54) is 32.2 Å². The number of nitrogens with zero attached hydrogens (tertiary/aromatic N) is 1. The van der Waals surface area contributed by atoms with Crippen LogP contribution < -0.4 is 5.73 Å². The molecule has 0 saturated heterocycles. The number of esters is 1. The Morgan fingerprint density at radius 2 is 1.71 bits per heavy atom. The molecule has 212 valence electrons. The van der Waals surface area contributed by atoms with E-state index >= 15 is 0 Å². The molecule has 2 aromatic rings. The first-order valence-electron chi connectivity index (χ1n) is 12.9. The van der Waals surface area contributed by atoms with Gasteiger partial charge in [0.1, 0.15) is 5.75 Å². The van der Waals surface area contributed by atoms with Gasteiger partial charge in [-0.15, -0.1) is 0 Å². The first-order chi connectivity index (χ1) is 19.3. The number of likely N-dealkylation sites (N-methyl/N-ethyl adjacent to an activating group) is 1. The topological polar surface area (TPSA) is 181 Å². The number of hydrogen-bond acceptors (Lipinski definition) is 10. The fourth-order valence-electron chi connectivity index (χ4n) is 6.65. The molecule has 3 aliphatic carbocycles. The van der Waals surface area contributed by atoms with E-state index in [2.05, 4.69) is 0 Å². The van der Waals surface area contributed by atoms with E-state index in [1.807, 2.05) is 0 Å². The summed E-state index contributed by atoms with van der Waals surface area (Å²) in [5, 5.41) is 22.4. The lowest BCUT2D eigenvalue weighted by Gasteiger charge is -2.53. The Kier molecular flexibility index (Phi) is 6.75. The number of hydrogen-bond donors (Lipinski definition) is 3. The Morgan fingerprint density at radius 1 is 1.05 bits per heavy atom. The maximum Gasteiger partial charge on any atom is 0.337 e. The molecule has 0 spiro atoms. The number of ketones is 4. The van der Waals surface area contributed by atoms with Crippen molar-refractivity contribution in [3.8, 4) is 5.75 Å². The van der Waals surface area contributed by atoms with Crippen molar-refractivity contribution in [1.29, 1.82) is 0 Å². The second-order valence-corrected chi connectivity index (χ2v) is 10.8. The van der Waals surface area contributed by atoms with Gasteiger partial charge in [-0.1, -0.05) is 30.3 Å². The van der Waals surface area contributed by atoms with E-state index in [0.717, 1.165) is 0 Å². The zero-order chi connectivity index (χ0) is 30.0. The number of phenolic OH excluding ortho intramolecular Hbond substituents is 1. The van der Waals surface area contributed by atoms with Gasteiger partial charge < -0.3 is 20.7 Å². The van der Waals surface area contributed by atoms with Crippen molar-refractivity contribution in [2.75, 3.05) is 21.2 Å². The Balaban J connectivity index is 1.71. The SMILES string of the molecule is COC(=O)c1ccc(/C=C2\c3cccc(O)c3C(=O)C3C(=O)[C@]4(O)C(=O)C(C(N)=O)C(=O)[C@@H](N(C)C)[C@@H]4C[C@H]23)cc1. The lowest BCUT2D eigenvalue weighted by atomic mass is 9.51. The van der Waals surface area contributed by atoms with Gasteiger partial charge in [-0.05, 0) is 55.4 Å². The summed E-state index contributed by atoms with van der Waals surface area (Å²) in [6.07, 6.45) is 1.57. The molecule has 11 heteroatoms. The molecular formula is C30H28N2O9. The number of aliphatic hydroxyl groups is 1. The van der Waals surface area contributed by atoms with Crippen LogP contribution >= 0.6 is 0 Å². The number of primary amides is 1. The third-order valence-electron chi connectivity index (χ3n) is 8.48. The standard InChI is InChI=1S/C30H28N2O9/c1-32(2)23-18-12-17-16(11-13-7-9-14(10-8-13)29(39)41-3)15-5-4-6-19(33)20(15)24(34)21(17)26(36)30(18,40)27(37)22(25(23)35)28(31)38/h4-11,17-18,21-23,33,40H,12H2,1-3H3,(H2,31,38)/b16-11+/t17-,18+,21?,22?,23+,30+/m1/s1. The number of aromatic hydroxyl groups is 1. The molecule has 2 unspecified atom stereocenters. The van der Waals surface area contributed by atoms with Crippen LogP contribution in [0, 0.1) is 23.7 Å². The van der Waals surface area contributed by atoms with Crippen molar-refractivity contribution in [3.63, 3.8) is 0 Å². The Labute approximate surface area is 234 Å². The van der Waals surface area contributed by atoms with Gasteiger partial charge in [0.15, 0.2) is 34.7 Å². The van der Waals surface area contributed by atoms with E-state index < -0.39 is 70.3 Å². The summed E-state index contributed by atoms with van der Waals surface area (Å²) in [4.78, 5) is 80.2. The average Bonchev–Trinajstić information content (AvgIpc) is 2.92. The van der Waals surface area contributed by atoms with Crippen molar-refractivity contribution in [2.24, 2.45) is 29.4 Å². The summed E-state index contributed by atoms with van der Waals surface area (Å²) in [5.41, 5.74) is 4.12. The van der Waals surface area contributed by atoms with Gasteiger partial charge in [0.05, 0.1) is 30.2 Å². The van der Waals surface area contributed by atoms with Gasteiger partial charge in [0.25, 0.3) is 0 Å². The number of amides is 1. The molecule has 0 radical (unpaired) electrons. The number of benzene rings is 2. The molecule has 5 rings (SSSR count). The number of allylic oxidation sites excluding steroid dienone is 1. The largest absolute Gasteiger partial charge is 0.507 e. The summed E-state index contributed by atoms with van der Waals surface area (Å²) in [6.45, 7) is 0. The highest BCUT2D eigenvalue weighted by atomic mass is 16.5. The monoisotopic (exact) mass is 560 g/mol. The van der Waals surface area contributed by atoms with Crippen LogP contribution in [0.15, 0.2) is 42.5 Å². The minimum absolute atomic E-state index is 0.133. The molecule has 2 fully saturated rings. The van der Waals surface area contributed by atoms with Gasteiger partial charge in [-0.3, -0.25) is 28.9 Å². The number of carbonyl (C=O) groups excluding carboxylic acids is 6. The summed E-state index contributed by atoms with van der Waals surface area (Å²) >= 11 is 0. The fraction of sp³-hybridized carbons (Fsp3) is 0.333. The Morgan fingerprint density at radius 3 is 2.29 bits per heavy atom. The highest BCUT2D eigenvalue weighted by molar-refractivity contribution is 6.33. The van der Waals surface area contributed by atoms with Crippen LogP contribution in [0.1, 0.15) is 38.3 Å². The van der Waals surface area contributed by atoms with Gasteiger partial charge in [0.2, 0.25) is 5.91 Å². The highest BCUT2D eigenvalue weighted by Crippen LogP contribution is 2.54. The van der Waals surface area contributed by atoms with E-state index in [-0.39, 0.29) is 17.7 Å². The number of nitrogens with two attached hydrogens (primary N) is 1. The maximum atomic E-state index is 14.1. The fourth-order valence-corrected chi connectivity index (χ4v) is 6.65. The van der Waals surface area contributed by atoms with Crippen LogP contribution in [0.2, 0.25) is 0 Å². The maximum absolute atomic E-state index is 14.1. The van der Waals surface area contributed by atoms with Gasteiger partial charge >= 0.3 is 5.97 Å². The molecule has 0 aromatic heterocycles. The van der Waals surface area contributed by atoms with Crippen molar-refractivity contribution >= 4 is 46.7 Å². The molecule has 11 nitrogen and oxygen atoms in total. The molecule has 0 bridgehead atoms. The Bertz CT molecular complexity index is 1560. The lowest BCUT2D eigenvalue weighted by Crippen LogP contribution is -2.74. The third-order valence-corrected chi connectivity index (χ3v) is 8.48. The molecule has 1 amide bonds. The summed E-state index contributed by atoms with van der Waals surface area (Å²) < 4.78 is 4.74. The molecule has 4 N–H and O–H groups in total. The zero-order valence-electron chi connectivity index (χ0n) is 22.5. The van der Waals surface area contributed by atoms with Crippen LogP contribution in [0.25, 0.3) is 11.6 Å². The van der Waals surface area contributed by atoms with E-state index in [9.17, 15) is 39.0 Å². The summed E-state index contributed by atoms with van der Waals surface area (Å²) in [5.74, 6) is -12.1. The van der Waals surface area contributed by atoms with Crippen molar-refractivity contribution in [2.45, 2.75) is 18.1 Å². The van der Waals surface area contributed by atoms with Crippen molar-refractivity contribution in [3.05, 3.63) is 64.7 Å². The number of Topliss-reactive ketones (excluding diaryl/α,β-unsaturated/α-hetero) is 4. The van der Waals surface area contributed by atoms with Gasteiger partial charge in [-0.25, -0.2) is 4.79 Å². The summed E-state index contributed by atoms with van der Waals surface area (Å²) in [7, 11) is 4.30. The van der Waals surface area contributed by atoms with Crippen molar-refractivity contribution < 1.29 is 43.7 Å². The number of methoxy groups -OCH3 is 1. The number of ether oxygens (including phenoxy) is 1. The van der Waals surface area contributed by atoms with Crippen LogP contribution in [-0.2, 0) is 23.9 Å². The predicted octanol–water partition coefficient (Wildman–Crippen LogP) is 0.652. The predicted molar refractivity (Wildman–Crippen MR) is 143 cm³/mol. The molecule has 6 atom stereocenters. The third kappa shape index (κ3) is 4.03. The highest BCUT2D eigenvalue weighted by Gasteiger charge is 2.69. The van der Waals surface area contributed by atoms with Crippen LogP contribution in [0.4, 0.5) is 0 Å². The van der Waals surface area contributed by atoms with Gasteiger partial charge in [-0.2, -0.15) is 0 Å². The number of rotatable bonds is 4. The van der Waals surface area contributed by atoms with Crippen molar-refractivity contribution in [1.82, 2.24) is 4.90 Å².